The van der Waals surface area contributed by atoms with Gasteiger partial charge in [0.15, 0.2) is 0 Å². The van der Waals surface area contributed by atoms with Gasteiger partial charge in [-0.3, -0.25) is 4.98 Å². The van der Waals surface area contributed by atoms with Gasteiger partial charge in [-0.25, -0.2) is 4.98 Å². The fourth-order valence-electron chi connectivity index (χ4n) is 1.76. The normalized spacial score (nSPS) is 10.6. The second-order valence-corrected chi connectivity index (χ2v) is 4.26. The van der Waals surface area contributed by atoms with Crippen LogP contribution in [-0.4, -0.2) is 24.1 Å². The molecule has 0 unspecified atom stereocenters. The third-order valence-corrected chi connectivity index (χ3v) is 2.79. The molecule has 2 aromatic rings. The first-order valence-corrected chi connectivity index (χ1v) is 5.90. The molecule has 1 N–H and O–H groups in total. The van der Waals surface area contributed by atoms with E-state index in [1.807, 2.05) is 27.1 Å². The number of nitrogens with zero attached hydrogens (tertiary/aromatic N) is 3. The van der Waals surface area contributed by atoms with Crippen molar-refractivity contribution in [2.24, 2.45) is 0 Å². The summed E-state index contributed by atoms with van der Waals surface area (Å²) in [7, 11) is 3.90. The van der Waals surface area contributed by atoms with Gasteiger partial charge in [-0.05, 0) is 20.0 Å². The SMILES string of the molecule is CNCc1cncc(N(C)Cc2ccoc2C)n1. The summed E-state index contributed by atoms with van der Waals surface area (Å²) in [4.78, 5) is 10.8. The molecule has 0 aliphatic rings. The molecule has 2 heterocycles. The van der Waals surface area contributed by atoms with E-state index >= 15 is 0 Å². The van der Waals surface area contributed by atoms with E-state index in [1.54, 1.807) is 18.7 Å². The monoisotopic (exact) mass is 246 g/mol. The van der Waals surface area contributed by atoms with Gasteiger partial charge in [0.2, 0.25) is 0 Å². The molecule has 0 amide bonds. The van der Waals surface area contributed by atoms with Crippen molar-refractivity contribution in [1.82, 2.24) is 15.3 Å². The van der Waals surface area contributed by atoms with Crippen molar-refractivity contribution in [3.8, 4) is 0 Å². The minimum atomic E-state index is 0.722. The van der Waals surface area contributed by atoms with Gasteiger partial charge in [-0.2, -0.15) is 0 Å². The van der Waals surface area contributed by atoms with Crippen LogP contribution >= 0.6 is 0 Å². The molecule has 0 saturated heterocycles. The molecule has 2 rings (SSSR count). The number of hydrogen-bond donors (Lipinski definition) is 1. The summed E-state index contributed by atoms with van der Waals surface area (Å²) in [6.07, 6.45) is 5.26. The molecule has 0 spiro atoms. The number of furan rings is 1. The summed E-state index contributed by atoms with van der Waals surface area (Å²) in [6.45, 7) is 3.45. The van der Waals surface area contributed by atoms with Crippen molar-refractivity contribution in [3.05, 3.63) is 41.7 Å². The number of hydrogen-bond acceptors (Lipinski definition) is 5. The zero-order valence-corrected chi connectivity index (χ0v) is 11.0. The summed E-state index contributed by atoms with van der Waals surface area (Å²) >= 11 is 0. The van der Waals surface area contributed by atoms with E-state index in [0.717, 1.165) is 30.4 Å². The number of aryl methyl sites for hydroxylation is 1. The smallest absolute Gasteiger partial charge is 0.147 e. The first-order chi connectivity index (χ1) is 8.70. The van der Waals surface area contributed by atoms with Crippen molar-refractivity contribution >= 4 is 5.82 Å². The fourth-order valence-corrected chi connectivity index (χ4v) is 1.76. The standard InChI is InChI=1S/C13H18N4O/c1-10-11(4-5-18-10)9-17(3)13-8-15-7-12(16-13)6-14-2/h4-5,7-8,14H,6,9H2,1-3H3. The van der Waals surface area contributed by atoms with E-state index in [2.05, 4.69) is 20.2 Å². The molecule has 0 aliphatic carbocycles. The van der Waals surface area contributed by atoms with E-state index in [-0.39, 0.29) is 0 Å². The van der Waals surface area contributed by atoms with E-state index in [0.29, 0.717) is 0 Å². The van der Waals surface area contributed by atoms with Crippen molar-refractivity contribution in [2.75, 3.05) is 19.0 Å². The summed E-state index contributed by atoms with van der Waals surface area (Å²) in [5.41, 5.74) is 2.10. The molecular weight excluding hydrogens is 228 g/mol. The third kappa shape index (κ3) is 2.87. The van der Waals surface area contributed by atoms with E-state index in [4.69, 9.17) is 4.42 Å². The Hall–Kier alpha value is -1.88. The maximum atomic E-state index is 5.29. The Balaban J connectivity index is 2.11. The zero-order valence-electron chi connectivity index (χ0n) is 11.0. The van der Waals surface area contributed by atoms with E-state index in [9.17, 15) is 0 Å². The van der Waals surface area contributed by atoms with Crippen molar-refractivity contribution in [3.63, 3.8) is 0 Å². The Kier molecular flexibility index (Phi) is 3.94. The molecule has 5 heteroatoms. The molecule has 0 atom stereocenters. The summed E-state index contributed by atoms with van der Waals surface area (Å²) in [5.74, 6) is 1.81. The van der Waals surface area contributed by atoms with Crippen molar-refractivity contribution in [2.45, 2.75) is 20.0 Å². The molecule has 0 fully saturated rings. The van der Waals surface area contributed by atoms with Crippen molar-refractivity contribution < 1.29 is 4.42 Å². The van der Waals surface area contributed by atoms with Crippen LogP contribution in [0, 0.1) is 6.92 Å². The Morgan fingerprint density at radius 3 is 2.89 bits per heavy atom. The van der Waals surface area contributed by atoms with Gasteiger partial charge in [-0.15, -0.1) is 0 Å². The Labute approximate surface area is 107 Å². The average molecular weight is 246 g/mol. The highest BCUT2D eigenvalue weighted by Crippen LogP contribution is 2.15. The molecule has 18 heavy (non-hydrogen) atoms. The van der Waals surface area contributed by atoms with Crippen LogP contribution in [0.2, 0.25) is 0 Å². The van der Waals surface area contributed by atoms with E-state index in [1.165, 1.54) is 5.56 Å². The lowest BCUT2D eigenvalue weighted by Gasteiger charge is -2.17. The lowest BCUT2D eigenvalue weighted by atomic mass is 10.2. The highest BCUT2D eigenvalue weighted by atomic mass is 16.3. The topological polar surface area (TPSA) is 54.2 Å². The number of rotatable bonds is 5. The van der Waals surface area contributed by atoms with Crippen LogP contribution < -0.4 is 10.2 Å². The van der Waals surface area contributed by atoms with Crippen LogP contribution in [0.15, 0.2) is 29.1 Å². The molecule has 0 bridgehead atoms. The number of nitrogens with one attached hydrogen (secondary N) is 1. The van der Waals surface area contributed by atoms with Gasteiger partial charge in [0.05, 0.1) is 18.2 Å². The van der Waals surface area contributed by atoms with Gasteiger partial charge in [0.1, 0.15) is 11.6 Å². The Morgan fingerprint density at radius 1 is 1.39 bits per heavy atom. The minimum Gasteiger partial charge on any atom is -0.469 e. The lowest BCUT2D eigenvalue weighted by molar-refractivity contribution is 0.529. The molecule has 2 aromatic heterocycles. The molecule has 0 aromatic carbocycles. The highest BCUT2D eigenvalue weighted by Gasteiger charge is 2.08. The number of aromatic nitrogens is 2. The van der Waals surface area contributed by atoms with Crippen LogP contribution in [0.3, 0.4) is 0 Å². The molecule has 0 radical (unpaired) electrons. The average Bonchev–Trinajstić information content (AvgIpc) is 2.76. The summed E-state index contributed by atoms with van der Waals surface area (Å²) in [5, 5.41) is 3.07. The maximum absolute atomic E-state index is 5.29. The van der Waals surface area contributed by atoms with Crippen LogP contribution in [0.5, 0.6) is 0 Å². The molecule has 5 nitrogen and oxygen atoms in total. The quantitative estimate of drug-likeness (QED) is 0.870. The lowest BCUT2D eigenvalue weighted by Crippen LogP contribution is -2.19. The molecule has 96 valence electrons. The Morgan fingerprint density at radius 2 is 2.22 bits per heavy atom. The van der Waals surface area contributed by atoms with Crippen molar-refractivity contribution in [1.29, 1.82) is 0 Å². The molecule has 0 aliphatic heterocycles. The van der Waals surface area contributed by atoms with Crippen LogP contribution in [-0.2, 0) is 13.1 Å². The highest BCUT2D eigenvalue weighted by molar-refractivity contribution is 5.37. The van der Waals surface area contributed by atoms with Crippen LogP contribution in [0.4, 0.5) is 5.82 Å². The predicted molar refractivity (Wildman–Crippen MR) is 70.3 cm³/mol. The van der Waals surface area contributed by atoms with Gasteiger partial charge in [0, 0.05) is 31.9 Å². The second-order valence-electron chi connectivity index (χ2n) is 4.26. The van der Waals surface area contributed by atoms with Crippen LogP contribution in [0.25, 0.3) is 0 Å². The molecular formula is C13H18N4O. The van der Waals surface area contributed by atoms with Crippen LogP contribution in [0.1, 0.15) is 17.0 Å². The fraction of sp³-hybridized carbons (Fsp3) is 0.385. The largest absolute Gasteiger partial charge is 0.469 e. The minimum absolute atomic E-state index is 0.722. The summed E-state index contributed by atoms with van der Waals surface area (Å²) < 4.78 is 5.29. The first-order valence-electron chi connectivity index (χ1n) is 5.90. The summed E-state index contributed by atoms with van der Waals surface area (Å²) in [6, 6.07) is 1.98. The molecule has 0 saturated carbocycles. The number of anilines is 1. The van der Waals surface area contributed by atoms with Gasteiger partial charge >= 0.3 is 0 Å². The predicted octanol–water partition coefficient (Wildman–Crippen LogP) is 1.73. The zero-order chi connectivity index (χ0) is 13.0. The second kappa shape index (κ2) is 5.64. The van der Waals surface area contributed by atoms with Gasteiger partial charge in [-0.1, -0.05) is 0 Å². The van der Waals surface area contributed by atoms with Gasteiger partial charge in [0.25, 0.3) is 0 Å². The third-order valence-electron chi connectivity index (χ3n) is 2.79. The Bertz CT molecular complexity index is 509. The first kappa shape index (κ1) is 12.6. The van der Waals surface area contributed by atoms with E-state index < -0.39 is 0 Å². The van der Waals surface area contributed by atoms with Gasteiger partial charge < -0.3 is 14.6 Å². The maximum Gasteiger partial charge on any atom is 0.147 e.